The van der Waals surface area contributed by atoms with Gasteiger partial charge in [0.2, 0.25) is 0 Å². The summed E-state index contributed by atoms with van der Waals surface area (Å²) in [5, 5.41) is 2.34. The van der Waals surface area contributed by atoms with Crippen LogP contribution in [-0.2, 0) is 14.3 Å². The van der Waals surface area contributed by atoms with Crippen molar-refractivity contribution < 1.29 is 19.1 Å². The van der Waals surface area contributed by atoms with E-state index in [4.69, 9.17) is 11.2 Å². The third kappa shape index (κ3) is 8.45. The molecule has 1 N–H and O–H groups in total. The van der Waals surface area contributed by atoms with E-state index in [1.54, 1.807) is 0 Å². The van der Waals surface area contributed by atoms with Crippen LogP contribution < -0.4 is 5.32 Å². The third-order valence-electron chi connectivity index (χ3n) is 2.22. The number of unbranched alkanes of at least 4 members (excludes halogenated alkanes) is 3. The van der Waals surface area contributed by atoms with Gasteiger partial charge in [-0.1, -0.05) is 32.1 Å². The molecule has 0 aliphatic heterocycles. The number of rotatable bonds is 8. The molecule has 0 saturated carbocycles. The van der Waals surface area contributed by atoms with Crippen molar-refractivity contribution in [3.05, 3.63) is 0 Å². The molecule has 0 aromatic carbocycles. The fourth-order valence-corrected chi connectivity index (χ4v) is 1.21. The molecule has 0 aliphatic carbocycles. The van der Waals surface area contributed by atoms with Gasteiger partial charge in [0.25, 0.3) is 0 Å². The lowest BCUT2D eigenvalue weighted by molar-refractivity contribution is -0.145. The van der Waals surface area contributed by atoms with Crippen molar-refractivity contribution in [2.24, 2.45) is 0 Å². The van der Waals surface area contributed by atoms with Crippen LogP contribution in [0.3, 0.4) is 0 Å². The summed E-state index contributed by atoms with van der Waals surface area (Å²) >= 11 is 0. The summed E-state index contributed by atoms with van der Waals surface area (Å²) in [6.45, 7) is 3.90. The first kappa shape index (κ1) is 16.3. The Kier molecular flexibility index (Phi) is 9.47. The highest BCUT2D eigenvalue weighted by Crippen LogP contribution is 2.00. The molecule has 0 aliphatic rings. The fourth-order valence-electron chi connectivity index (χ4n) is 1.21. The number of hydrogen-bond acceptors (Lipinski definition) is 4. The number of esters is 1. The van der Waals surface area contributed by atoms with Gasteiger partial charge < -0.3 is 14.8 Å². The summed E-state index contributed by atoms with van der Waals surface area (Å²) in [6, 6.07) is -0.735. The Morgan fingerprint density at radius 1 is 1.28 bits per heavy atom. The van der Waals surface area contributed by atoms with Crippen LogP contribution in [0.25, 0.3) is 0 Å². The lowest BCUT2D eigenvalue weighted by Gasteiger charge is -2.12. The second-order valence-corrected chi connectivity index (χ2v) is 3.87. The Balaban J connectivity index is 3.69. The van der Waals surface area contributed by atoms with E-state index < -0.39 is 18.1 Å². The molecule has 1 amide bonds. The van der Waals surface area contributed by atoms with Crippen LogP contribution in [0.4, 0.5) is 4.79 Å². The maximum absolute atomic E-state index is 11.5. The van der Waals surface area contributed by atoms with Crippen molar-refractivity contribution in [3.8, 4) is 12.3 Å². The number of carbonyl (C=O) groups excluding carboxylic acids is 2. The van der Waals surface area contributed by atoms with Crippen molar-refractivity contribution in [2.45, 2.75) is 45.6 Å². The minimum absolute atomic E-state index is 0.120. The number of amides is 1. The summed E-state index contributed by atoms with van der Waals surface area (Å²) in [5.41, 5.74) is 0. The van der Waals surface area contributed by atoms with Crippen molar-refractivity contribution in [1.29, 1.82) is 0 Å². The Labute approximate surface area is 108 Å². The van der Waals surface area contributed by atoms with Gasteiger partial charge >= 0.3 is 12.1 Å². The molecule has 5 nitrogen and oxygen atoms in total. The maximum atomic E-state index is 11.5. The van der Waals surface area contributed by atoms with E-state index in [0.717, 1.165) is 25.7 Å². The third-order valence-corrected chi connectivity index (χ3v) is 2.22. The molecule has 1 atom stereocenters. The van der Waals surface area contributed by atoms with E-state index in [0.29, 0.717) is 6.61 Å². The zero-order chi connectivity index (χ0) is 13.8. The smallest absolute Gasteiger partial charge is 0.408 e. The van der Waals surface area contributed by atoms with E-state index in [-0.39, 0.29) is 6.61 Å². The van der Waals surface area contributed by atoms with Crippen LogP contribution in [0.1, 0.15) is 39.5 Å². The molecular weight excluding hydrogens is 234 g/mol. The van der Waals surface area contributed by atoms with E-state index in [1.165, 1.54) is 6.92 Å². The van der Waals surface area contributed by atoms with Gasteiger partial charge in [0.15, 0.2) is 6.61 Å². The van der Waals surface area contributed by atoms with Crippen molar-refractivity contribution >= 4 is 12.1 Å². The first-order valence-corrected chi connectivity index (χ1v) is 6.15. The van der Waals surface area contributed by atoms with Gasteiger partial charge in [0.05, 0.1) is 6.61 Å². The average molecular weight is 255 g/mol. The van der Waals surface area contributed by atoms with Crippen LogP contribution in [0.2, 0.25) is 0 Å². The fraction of sp³-hybridized carbons (Fsp3) is 0.692. The summed E-state index contributed by atoms with van der Waals surface area (Å²) in [6.07, 6.45) is 8.35. The topological polar surface area (TPSA) is 64.6 Å². The van der Waals surface area contributed by atoms with E-state index >= 15 is 0 Å². The Morgan fingerprint density at radius 2 is 2.00 bits per heavy atom. The van der Waals surface area contributed by atoms with Crippen LogP contribution >= 0.6 is 0 Å². The average Bonchev–Trinajstić information content (AvgIpc) is 2.35. The Hall–Kier alpha value is -1.70. The number of hydrogen-bond donors (Lipinski definition) is 1. The van der Waals surface area contributed by atoms with Crippen molar-refractivity contribution in [1.82, 2.24) is 5.32 Å². The zero-order valence-electron chi connectivity index (χ0n) is 11.0. The van der Waals surface area contributed by atoms with E-state index in [2.05, 4.69) is 22.9 Å². The minimum Gasteiger partial charge on any atom is -0.464 e. The van der Waals surface area contributed by atoms with Crippen molar-refractivity contribution in [2.75, 3.05) is 13.2 Å². The standard InChI is InChI=1S/C13H21NO4/c1-4-6-7-8-10-17-12(15)11(3)14-13(16)18-9-5-2/h2,11H,4,6-10H2,1,3H3,(H,14,16)/t11-/m0/s1. The molecular formula is C13H21NO4. The number of terminal acetylenes is 1. The SMILES string of the molecule is C#CCOC(=O)N[C@@H](C)C(=O)OCCCCCC. The molecule has 0 spiro atoms. The second-order valence-electron chi connectivity index (χ2n) is 3.87. The summed E-state index contributed by atoms with van der Waals surface area (Å²) < 4.78 is 9.58. The number of carbonyl (C=O) groups is 2. The predicted octanol–water partition coefficient (Wildman–Crippen LogP) is 1.86. The number of nitrogens with one attached hydrogen (secondary N) is 1. The second kappa shape index (κ2) is 10.5. The highest BCUT2D eigenvalue weighted by Gasteiger charge is 2.17. The van der Waals surface area contributed by atoms with Crippen molar-refractivity contribution in [3.63, 3.8) is 0 Å². The summed E-state index contributed by atoms with van der Waals surface area (Å²) in [7, 11) is 0. The van der Waals surface area contributed by atoms with Gasteiger partial charge in [-0.15, -0.1) is 6.42 Å². The monoisotopic (exact) mass is 255 g/mol. The quantitative estimate of drug-likeness (QED) is 0.408. The maximum Gasteiger partial charge on any atom is 0.408 e. The molecule has 0 aromatic rings. The van der Waals surface area contributed by atoms with Gasteiger partial charge in [0.1, 0.15) is 6.04 Å². The Bertz CT molecular complexity index is 296. The highest BCUT2D eigenvalue weighted by molar-refractivity contribution is 5.80. The first-order valence-electron chi connectivity index (χ1n) is 6.15. The molecule has 0 saturated heterocycles. The number of alkyl carbamates (subject to hydrolysis) is 1. The lowest BCUT2D eigenvalue weighted by atomic mass is 10.2. The highest BCUT2D eigenvalue weighted by atomic mass is 16.6. The van der Waals surface area contributed by atoms with Gasteiger partial charge in [-0.2, -0.15) is 0 Å². The van der Waals surface area contributed by atoms with Crippen LogP contribution in [-0.4, -0.2) is 31.3 Å². The minimum atomic E-state index is -0.735. The Morgan fingerprint density at radius 3 is 2.61 bits per heavy atom. The molecule has 5 heteroatoms. The molecule has 0 heterocycles. The molecule has 0 unspecified atom stereocenters. The molecule has 0 radical (unpaired) electrons. The normalized spacial score (nSPS) is 11.2. The van der Waals surface area contributed by atoms with E-state index in [9.17, 15) is 9.59 Å². The molecule has 0 aromatic heterocycles. The summed E-state index contributed by atoms with van der Waals surface area (Å²) in [5.74, 6) is 1.69. The van der Waals surface area contributed by atoms with Crippen LogP contribution in [0, 0.1) is 12.3 Å². The zero-order valence-corrected chi connectivity index (χ0v) is 11.0. The lowest BCUT2D eigenvalue weighted by Crippen LogP contribution is -2.40. The molecule has 102 valence electrons. The molecule has 0 fully saturated rings. The van der Waals surface area contributed by atoms with Gasteiger partial charge in [0, 0.05) is 0 Å². The summed E-state index contributed by atoms with van der Waals surface area (Å²) in [4.78, 5) is 22.5. The van der Waals surface area contributed by atoms with E-state index in [1.807, 2.05) is 0 Å². The van der Waals surface area contributed by atoms with Crippen LogP contribution in [0.15, 0.2) is 0 Å². The van der Waals surface area contributed by atoms with Gasteiger partial charge in [-0.3, -0.25) is 0 Å². The number of ether oxygens (including phenoxy) is 2. The molecule has 18 heavy (non-hydrogen) atoms. The molecule has 0 bridgehead atoms. The van der Waals surface area contributed by atoms with Crippen LogP contribution in [0.5, 0.6) is 0 Å². The van der Waals surface area contributed by atoms with Gasteiger partial charge in [-0.25, -0.2) is 9.59 Å². The largest absolute Gasteiger partial charge is 0.464 e. The molecule has 0 rings (SSSR count). The predicted molar refractivity (Wildman–Crippen MR) is 67.9 cm³/mol. The van der Waals surface area contributed by atoms with Gasteiger partial charge in [-0.05, 0) is 13.3 Å². The first-order chi connectivity index (χ1) is 8.61.